The maximum atomic E-state index is 12.7. The van der Waals surface area contributed by atoms with E-state index in [1.54, 1.807) is 34.6 Å². The number of aromatic nitrogens is 3. The molecule has 0 bridgehead atoms. The van der Waals surface area contributed by atoms with Gasteiger partial charge in [0.1, 0.15) is 0 Å². The summed E-state index contributed by atoms with van der Waals surface area (Å²) in [7, 11) is 0. The van der Waals surface area contributed by atoms with E-state index in [1.807, 2.05) is 6.07 Å². The second kappa shape index (κ2) is 12.0. The van der Waals surface area contributed by atoms with Gasteiger partial charge >= 0.3 is 5.97 Å². The van der Waals surface area contributed by atoms with Gasteiger partial charge < -0.3 is 15.1 Å². The molecule has 0 saturated heterocycles. The van der Waals surface area contributed by atoms with Crippen molar-refractivity contribution < 1.29 is 29.8 Å². The number of thiazole rings is 1. The van der Waals surface area contributed by atoms with Crippen LogP contribution in [0.3, 0.4) is 0 Å². The van der Waals surface area contributed by atoms with Crippen LogP contribution in [-0.2, 0) is 16.1 Å². The third kappa shape index (κ3) is 6.65. The molecule has 11 nitrogen and oxygen atoms in total. The molecule has 3 aromatic rings. The molecule has 3 atom stereocenters. The molecule has 2 aromatic heterocycles. The Balaban J connectivity index is 1.49. The molecule has 0 spiro atoms. The number of fused-ring (bicyclic) bond motifs is 1. The summed E-state index contributed by atoms with van der Waals surface area (Å²) in [5.74, 6) is -2.22. The van der Waals surface area contributed by atoms with Crippen LogP contribution in [0, 0.1) is 11.8 Å². The summed E-state index contributed by atoms with van der Waals surface area (Å²) in [6, 6.07) is 6.24. The number of carbonyl (C=O) groups is 2. The molecule has 0 radical (unpaired) electrons. The van der Waals surface area contributed by atoms with E-state index in [1.165, 1.54) is 17.5 Å². The molecule has 1 amide bonds. The average molecular weight is 530 g/mol. The fourth-order valence-corrected chi connectivity index (χ4v) is 5.29. The summed E-state index contributed by atoms with van der Waals surface area (Å²) >= 11 is 1.38. The number of hydrogen-bond donors (Lipinski definition) is 5. The topological polar surface area (TPSA) is 167 Å². The van der Waals surface area contributed by atoms with Gasteiger partial charge in [0.2, 0.25) is 5.91 Å². The number of amides is 1. The van der Waals surface area contributed by atoms with Crippen molar-refractivity contribution in [3.63, 3.8) is 0 Å². The van der Waals surface area contributed by atoms with E-state index in [2.05, 4.69) is 27.4 Å². The van der Waals surface area contributed by atoms with Gasteiger partial charge in [0, 0.05) is 11.8 Å². The molecule has 4 rings (SSSR count). The van der Waals surface area contributed by atoms with E-state index in [9.17, 15) is 25.0 Å². The predicted molar refractivity (Wildman–Crippen MR) is 134 cm³/mol. The number of benzene rings is 1. The molecule has 1 fully saturated rings. The van der Waals surface area contributed by atoms with Crippen molar-refractivity contribution in [1.29, 1.82) is 0 Å². The third-order valence-electron chi connectivity index (χ3n) is 7.03. The Bertz CT molecular complexity index is 1200. The molecule has 5 N–H and O–H groups in total. The van der Waals surface area contributed by atoms with Gasteiger partial charge in [-0.05, 0) is 50.2 Å². The fraction of sp³-hybridized carbons (Fsp3) is 0.480. The van der Waals surface area contributed by atoms with E-state index in [0.29, 0.717) is 35.5 Å². The minimum Gasteiger partial charge on any atom is -0.391 e. The number of aliphatic hydroxyl groups excluding tert-OH is 1. The van der Waals surface area contributed by atoms with Crippen molar-refractivity contribution in [2.24, 2.45) is 11.8 Å². The number of aliphatic hydroxyl groups is 2. The first-order chi connectivity index (χ1) is 17.8. The number of para-hydroxylation sites is 2. The predicted octanol–water partition coefficient (Wildman–Crippen LogP) is 2.17. The van der Waals surface area contributed by atoms with E-state index < -0.39 is 35.5 Å². The van der Waals surface area contributed by atoms with Crippen LogP contribution in [0.1, 0.15) is 55.2 Å². The zero-order valence-corrected chi connectivity index (χ0v) is 21.2. The van der Waals surface area contributed by atoms with Crippen molar-refractivity contribution >= 4 is 34.2 Å². The zero-order valence-electron chi connectivity index (χ0n) is 20.4. The van der Waals surface area contributed by atoms with Gasteiger partial charge in [-0.15, -0.1) is 16.8 Å². The number of carbonyl (C=O) groups excluding carboxylic acids is 2. The average Bonchev–Trinajstić information content (AvgIpc) is 3.43. The van der Waals surface area contributed by atoms with Gasteiger partial charge in [-0.1, -0.05) is 19.1 Å². The Morgan fingerprint density at radius 1 is 1.22 bits per heavy atom. The van der Waals surface area contributed by atoms with Gasteiger partial charge in [0.25, 0.3) is 0 Å². The third-order valence-corrected chi connectivity index (χ3v) is 7.67. The van der Waals surface area contributed by atoms with Crippen molar-refractivity contribution in [3.05, 3.63) is 52.7 Å². The highest BCUT2D eigenvalue weighted by Gasteiger charge is 2.45. The molecular weight excluding hydrogens is 498 g/mol. The standard InChI is InChI=1S/C25H31N5O6S/c1-15-6-8-25(34,9-7-15)17(23(32)29-35)11-22(31)20(10-16-13-37-14-27-16)30-36-24(33)21-12-26-18-4-2-3-5-19(18)28-21/h2-5,12-15,17,20,22,30-31,34-35H,6-11H2,1H3,(H,29,32). The van der Waals surface area contributed by atoms with Crippen LogP contribution in [0.2, 0.25) is 0 Å². The second-order valence-corrected chi connectivity index (χ2v) is 10.4. The smallest absolute Gasteiger partial charge is 0.377 e. The second-order valence-electron chi connectivity index (χ2n) is 9.66. The van der Waals surface area contributed by atoms with E-state index in [0.717, 1.165) is 12.8 Å². The molecule has 1 aliphatic carbocycles. The number of hydrogen-bond acceptors (Lipinski definition) is 11. The van der Waals surface area contributed by atoms with Crippen molar-refractivity contribution in [3.8, 4) is 0 Å². The van der Waals surface area contributed by atoms with Gasteiger partial charge in [-0.25, -0.2) is 20.2 Å². The first-order valence-corrected chi connectivity index (χ1v) is 13.1. The molecule has 1 aliphatic rings. The molecule has 37 heavy (non-hydrogen) atoms. The highest BCUT2D eigenvalue weighted by atomic mass is 32.1. The lowest BCUT2D eigenvalue weighted by atomic mass is 9.70. The van der Waals surface area contributed by atoms with E-state index >= 15 is 0 Å². The van der Waals surface area contributed by atoms with Gasteiger partial charge in [-0.3, -0.25) is 15.0 Å². The van der Waals surface area contributed by atoms with Crippen molar-refractivity contribution in [2.75, 3.05) is 0 Å². The Hall–Kier alpha value is -3.03. The first-order valence-electron chi connectivity index (χ1n) is 12.2. The minimum atomic E-state index is -1.37. The zero-order chi connectivity index (χ0) is 26.4. The molecule has 12 heteroatoms. The molecule has 0 aliphatic heterocycles. The maximum Gasteiger partial charge on any atom is 0.377 e. The molecule has 198 valence electrons. The minimum absolute atomic E-state index is 0.0173. The monoisotopic (exact) mass is 529 g/mol. The first kappa shape index (κ1) is 27.0. The van der Waals surface area contributed by atoms with Crippen LogP contribution in [0.25, 0.3) is 11.0 Å². The summed E-state index contributed by atoms with van der Waals surface area (Å²) in [5, 5.41) is 33.6. The Kier molecular flexibility index (Phi) is 8.77. The summed E-state index contributed by atoms with van der Waals surface area (Å²) in [4.78, 5) is 43.3. The fourth-order valence-electron chi connectivity index (χ4n) is 4.72. The van der Waals surface area contributed by atoms with Crippen LogP contribution in [-0.4, -0.2) is 60.0 Å². The summed E-state index contributed by atoms with van der Waals surface area (Å²) in [5.41, 5.74) is 6.31. The Morgan fingerprint density at radius 2 is 1.95 bits per heavy atom. The molecule has 2 heterocycles. The van der Waals surface area contributed by atoms with Crippen LogP contribution in [0.4, 0.5) is 0 Å². The molecule has 1 aromatic carbocycles. The quantitative estimate of drug-likeness (QED) is 0.194. The van der Waals surface area contributed by atoms with E-state index in [4.69, 9.17) is 4.84 Å². The number of nitrogens with zero attached hydrogens (tertiary/aromatic N) is 3. The largest absolute Gasteiger partial charge is 0.391 e. The summed E-state index contributed by atoms with van der Waals surface area (Å²) in [6.07, 6.45) is 2.29. The normalized spacial score (nSPS) is 22.2. The Morgan fingerprint density at radius 3 is 2.62 bits per heavy atom. The van der Waals surface area contributed by atoms with Crippen LogP contribution >= 0.6 is 11.3 Å². The van der Waals surface area contributed by atoms with Crippen LogP contribution < -0.4 is 11.0 Å². The molecular formula is C25H31N5O6S. The van der Waals surface area contributed by atoms with Crippen molar-refractivity contribution in [1.82, 2.24) is 25.9 Å². The van der Waals surface area contributed by atoms with Gasteiger partial charge in [0.15, 0.2) is 5.69 Å². The maximum absolute atomic E-state index is 12.7. The summed E-state index contributed by atoms with van der Waals surface area (Å²) in [6.45, 7) is 2.08. The van der Waals surface area contributed by atoms with Gasteiger partial charge in [-0.2, -0.15) is 0 Å². The number of hydroxylamine groups is 2. The lowest BCUT2D eigenvalue weighted by Crippen LogP contribution is -2.52. The highest BCUT2D eigenvalue weighted by molar-refractivity contribution is 7.07. The van der Waals surface area contributed by atoms with Crippen LogP contribution in [0.5, 0.6) is 0 Å². The molecule has 1 saturated carbocycles. The highest BCUT2D eigenvalue weighted by Crippen LogP contribution is 2.39. The van der Waals surface area contributed by atoms with E-state index in [-0.39, 0.29) is 18.5 Å². The van der Waals surface area contributed by atoms with Crippen molar-refractivity contribution in [2.45, 2.75) is 63.2 Å². The lowest BCUT2D eigenvalue weighted by molar-refractivity contribution is -0.150. The van der Waals surface area contributed by atoms with Gasteiger partial charge in [0.05, 0.1) is 52.1 Å². The SMILES string of the molecule is CC1CCC(O)(C(CC(O)C(Cc2cscn2)NOC(=O)c2cnc3ccccc3n2)C(=O)NO)CC1. The molecule has 3 unspecified atom stereocenters. The number of rotatable bonds is 10. The Labute approximate surface area is 217 Å². The van der Waals surface area contributed by atoms with Crippen LogP contribution in [0.15, 0.2) is 41.4 Å². The summed E-state index contributed by atoms with van der Waals surface area (Å²) < 4.78 is 0. The number of nitrogens with one attached hydrogen (secondary N) is 2. The lowest BCUT2D eigenvalue weighted by Gasteiger charge is -2.41.